The van der Waals surface area contributed by atoms with E-state index in [1.54, 1.807) is 17.0 Å². The number of allylic oxidation sites excluding steroid dienone is 3. The quantitative estimate of drug-likeness (QED) is 0.305. The van der Waals surface area contributed by atoms with E-state index in [-0.39, 0.29) is 28.7 Å². The van der Waals surface area contributed by atoms with Crippen LogP contribution in [0.2, 0.25) is 5.02 Å². The Bertz CT molecular complexity index is 1490. The summed E-state index contributed by atoms with van der Waals surface area (Å²) in [6.45, 7) is 1.97. The number of carbonyl (C=O) groups is 2. The Labute approximate surface area is 227 Å². The third-order valence-electron chi connectivity index (χ3n) is 6.40. The van der Waals surface area contributed by atoms with Crippen LogP contribution in [0, 0.1) is 18.3 Å². The highest BCUT2D eigenvalue weighted by atomic mass is 35.5. The summed E-state index contributed by atoms with van der Waals surface area (Å²) >= 11 is 8.66. The molecule has 1 atom stereocenters. The summed E-state index contributed by atoms with van der Waals surface area (Å²) in [5.74, 6) is -0.110. The van der Waals surface area contributed by atoms with E-state index in [1.807, 2.05) is 43.3 Å². The number of halogens is 1. The molecule has 0 spiro atoms. The number of nitrogens with zero attached hydrogens (tertiary/aromatic N) is 4. The zero-order valence-electron chi connectivity index (χ0n) is 19.9. The lowest BCUT2D eigenvalue weighted by Crippen LogP contribution is -2.38. The molecule has 0 bridgehead atoms. The van der Waals surface area contributed by atoms with Gasteiger partial charge in [0.25, 0.3) is 0 Å². The number of ketones is 2. The number of carbonyl (C=O) groups excluding carboxylic acids is 2. The van der Waals surface area contributed by atoms with Gasteiger partial charge in [-0.15, -0.1) is 10.2 Å². The maximum Gasteiger partial charge on any atom is 0.219 e. The van der Waals surface area contributed by atoms with Crippen molar-refractivity contribution in [2.45, 2.75) is 36.4 Å². The molecule has 0 radical (unpaired) electrons. The molecular weight excluding hydrogens is 526 g/mol. The standard InChI is InChI=1S/C27H22ClN5O2S2/c1-15-5-7-16(8-6-15)22(35)14-36-27-32-31-26(37-27)33-20-3-2-4-21(34)24(20)23(19(13-29)25(33)30)17-9-11-18(28)12-10-17/h5-12,23H,2-4,14,30H2,1H3. The Morgan fingerprint density at radius 2 is 1.92 bits per heavy atom. The lowest BCUT2D eigenvalue weighted by molar-refractivity contribution is -0.116. The van der Waals surface area contributed by atoms with Crippen molar-refractivity contribution in [1.29, 1.82) is 5.26 Å². The molecule has 7 nitrogen and oxygen atoms in total. The lowest BCUT2D eigenvalue weighted by atomic mass is 9.76. The number of aromatic nitrogens is 2. The monoisotopic (exact) mass is 547 g/mol. The van der Waals surface area contributed by atoms with Crippen molar-refractivity contribution in [1.82, 2.24) is 10.2 Å². The van der Waals surface area contributed by atoms with Crippen LogP contribution < -0.4 is 10.6 Å². The van der Waals surface area contributed by atoms with Crippen molar-refractivity contribution < 1.29 is 9.59 Å². The number of aryl methyl sites for hydroxylation is 1. The summed E-state index contributed by atoms with van der Waals surface area (Å²) in [4.78, 5) is 27.5. The van der Waals surface area contributed by atoms with Crippen molar-refractivity contribution >= 4 is 51.4 Å². The first-order valence-corrected chi connectivity index (χ1v) is 13.8. The summed E-state index contributed by atoms with van der Waals surface area (Å²) in [5.41, 5.74) is 10.7. The fraction of sp³-hybridized carbons (Fsp3) is 0.222. The zero-order chi connectivity index (χ0) is 26.1. The van der Waals surface area contributed by atoms with E-state index >= 15 is 0 Å². The molecule has 0 amide bonds. The van der Waals surface area contributed by atoms with Crippen LogP contribution in [0.5, 0.6) is 0 Å². The molecule has 2 N–H and O–H groups in total. The fourth-order valence-corrected chi connectivity index (χ4v) is 6.50. The highest BCUT2D eigenvalue weighted by molar-refractivity contribution is 8.01. The van der Waals surface area contributed by atoms with E-state index in [0.717, 1.165) is 16.8 Å². The molecule has 0 saturated heterocycles. The first-order chi connectivity index (χ1) is 17.9. The van der Waals surface area contributed by atoms with E-state index in [4.69, 9.17) is 17.3 Å². The SMILES string of the molecule is Cc1ccc(C(=O)CSc2nnc(N3C(N)=C(C#N)C(c4ccc(Cl)cc4)C4=C3CCCC4=O)s2)cc1. The van der Waals surface area contributed by atoms with Gasteiger partial charge in [-0.2, -0.15) is 5.26 Å². The van der Waals surface area contributed by atoms with Crippen LogP contribution in [0.3, 0.4) is 0 Å². The van der Waals surface area contributed by atoms with Crippen molar-refractivity contribution in [2.75, 3.05) is 10.7 Å². The van der Waals surface area contributed by atoms with E-state index in [2.05, 4.69) is 16.3 Å². The molecule has 0 fully saturated rings. The Morgan fingerprint density at radius 1 is 1.19 bits per heavy atom. The number of hydrogen-bond donors (Lipinski definition) is 1. The molecule has 3 aromatic rings. The summed E-state index contributed by atoms with van der Waals surface area (Å²) in [7, 11) is 0. The van der Waals surface area contributed by atoms with Gasteiger partial charge in [0.2, 0.25) is 5.13 Å². The van der Waals surface area contributed by atoms with Gasteiger partial charge >= 0.3 is 0 Å². The molecule has 186 valence electrons. The van der Waals surface area contributed by atoms with Crippen molar-refractivity contribution in [3.63, 3.8) is 0 Å². The molecule has 1 aromatic heterocycles. The lowest BCUT2D eigenvalue weighted by Gasteiger charge is -2.38. The zero-order valence-corrected chi connectivity index (χ0v) is 22.3. The highest BCUT2D eigenvalue weighted by Gasteiger charge is 2.41. The summed E-state index contributed by atoms with van der Waals surface area (Å²) in [6, 6.07) is 16.8. The molecule has 2 aliphatic rings. The minimum absolute atomic E-state index is 0.000392. The molecule has 1 unspecified atom stereocenters. The van der Waals surface area contributed by atoms with Crippen LogP contribution in [-0.4, -0.2) is 27.5 Å². The normalized spacial score (nSPS) is 17.6. The number of hydrogen-bond acceptors (Lipinski definition) is 9. The second-order valence-electron chi connectivity index (χ2n) is 8.80. The average Bonchev–Trinajstić information content (AvgIpc) is 3.36. The van der Waals surface area contributed by atoms with Gasteiger partial charge in [0.05, 0.1) is 23.3 Å². The molecule has 2 heterocycles. The third-order valence-corrected chi connectivity index (χ3v) is 8.70. The molecule has 1 aliphatic carbocycles. The molecular formula is C27H22ClN5O2S2. The van der Waals surface area contributed by atoms with Gasteiger partial charge in [0.15, 0.2) is 15.9 Å². The topological polar surface area (TPSA) is 113 Å². The minimum atomic E-state index is -0.560. The number of thioether (sulfide) groups is 1. The Balaban J connectivity index is 1.47. The molecule has 10 heteroatoms. The Hall–Kier alpha value is -3.45. The molecule has 5 rings (SSSR count). The second-order valence-corrected chi connectivity index (χ2v) is 11.4. The first-order valence-electron chi connectivity index (χ1n) is 11.6. The summed E-state index contributed by atoms with van der Waals surface area (Å²) in [5, 5.41) is 19.7. The average molecular weight is 548 g/mol. The van der Waals surface area contributed by atoms with Gasteiger partial charge in [-0.25, -0.2) is 0 Å². The van der Waals surface area contributed by atoms with Gasteiger partial charge in [-0.1, -0.05) is 76.7 Å². The number of rotatable bonds is 6. The number of benzene rings is 2. The van der Waals surface area contributed by atoms with Gasteiger partial charge < -0.3 is 5.73 Å². The number of Topliss-reactive ketones (excluding diaryl/α,β-unsaturated/α-hetero) is 2. The first kappa shape index (κ1) is 25.2. The molecule has 0 saturated carbocycles. The van der Waals surface area contributed by atoms with E-state index < -0.39 is 5.92 Å². The van der Waals surface area contributed by atoms with Crippen LogP contribution in [0.15, 0.2) is 75.5 Å². The van der Waals surface area contributed by atoms with Crippen molar-refractivity contribution in [2.24, 2.45) is 5.73 Å². The van der Waals surface area contributed by atoms with E-state index in [0.29, 0.717) is 44.9 Å². The summed E-state index contributed by atoms with van der Waals surface area (Å²) in [6.07, 6.45) is 1.72. The smallest absolute Gasteiger partial charge is 0.219 e. The third kappa shape index (κ3) is 4.92. The number of nitrogens with two attached hydrogens (primary N) is 1. The van der Waals surface area contributed by atoms with Crippen LogP contribution in [0.4, 0.5) is 5.13 Å². The maximum atomic E-state index is 13.2. The number of nitriles is 1. The van der Waals surface area contributed by atoms with Crippen LogP contribution in [0.25, 0.3) is 0 Å². The maximum absolute atomic E-state index is 13.2. The van der Waals surface area contributed by atoms with Crippen LogP contribution >= 0.6 is 34.7 Å². The van der Waals surface area contributed by atoms with E-state index in [1.165, 1.54) is 23.1 Å². The largest absolute Gasteiger partial charge is 0.384 e. The predicted molar refractivity (Wildman–Crippen MR) is 146 cm³/mol. The fourth-order valence-electron chi connectivity index (χ4n) is 4.59. The van der Waals surface area contributed by atoms with Gasteiger partial charge in [0.1, 0.15) is 5.82 Å². The predicted octanol–water partition coefficient (Wildman–Crippen LogP) is 5.78. The van der Waals surface area contributed by atoms with Gasteiger partial charge in [-0.05, 0) is 37.5 Å². The van der Waals surface area contributed by atoms with Crippen molar-refractivity contribution in [3.05, 3.63) is 92.9 Å². The minimum Gasteiger partial charge on any atom is -0.384 e. The van der Waals surface area contributed by atoms with Gasteiger partial charge in [-0.3, -0.25) is 14.5 Å². The van der Waals surface area contributed by atoms with Crippen LogP contribution in [-0.2, 0) is 4.79 Å². The highest BCUT2D eigenvalue weighted by Crippen LogP contribution is 2.47. The van der Waals surface area contributed by atoms with Crippen LogP contribution in [0.1, 0.15) is 46.7 Å². The molecule has 1 aliphatic heterocycles. The Morgan fingerprint density at radius 3 is 2.62 bits per heavy atom. The van der Waals surface area contributed by atoms with Crippen molar-refractivity contribution in [3.8, 4) is 6.07 Å². The second kappa shape index (κ2) is 10.5. The van der Waals surface area contributed by atoms with E-state index in [9.17, 15) is 14.9 Å². The molecule has 2 aromatic carbocycles. The van der Waals surface area contributed by atoms with Gasteiger partial charge in [0, 0.05) is 28.3 Å². The molecule has 37 heavy (non-hydrogen) atoms. The Kier molecular flexibility index (Phi) is 7.15. The summed E-state index contributed by atoms with van der Waals surface area (Å²) < 4.78 is 0.603. The number of anilines is 1.